The lowest BCUT2D eigenvalue weighted by atomic mass is 10.0. The molecule has 3 rings (SSSR count). The third kappa shape index (κ3) is 2.31. The highest BCUT2D eigenvalue weighted by Gasteiger charge is 2.21. The van der Waals surface area contributed by atoms with Crippen LogP contribution in [0, 0.1) is 0 Å². The van der Waals surface area contributed by atoms with Crippen LogP contribution in [0.1, 0.15) is 24.4 Å². The van der Waals surface area contributed by atoms with Crippen molar-refractivity contribution in [3.8, 4) is 0 Å². The molecule has 0 bridgehead atoms. The smallest absolute Gasteiger partial charge is 0.0415 e. The molecule has 0 spiro atoms. The van der Waals surface area contributed by atoms with E-state index in [0.717, 1.165) is 26.2 Å². The summed E-state index contributed by atoms with van der Waals surface area (Å²) in [6, 6.07) is 9.47. The zero-order valence-corrected chi connectivity index (χ0v) is 10.3. The van der Waals surface area contributed by atoms with Gasteiger partial charge < -0.3 is 15.5 Å². The molecular formula is C14H21N3. The van der Waals surface area contributed by atoms with Crippen LogP contribution in [-0.2, 0) is 0 Å². The van der Waals surface area contributed by atoms with Crippen LogP contribution in [0.4, 0.5) is 5.69 Å². The summed E-state index contributed by atoms with van der Waals surface area (Å²) in [6.07, 6.45) is 2.59. The van der Waals surface area contributed by atoms with Crippen LogP contribution in [0.3, 0.4) is 0 Å². The number of anilines is 1. The molecule has 92 valence electrons. The van der Waals surface area contributed by atoms with Gasteiger partial charge in [-0.1, -0.05) is 18.2 Å². The van der Waals surface area contributed by atoms with E-state index in [1.165, 1.54) is 30.6 Å². The molecule has 3 heteroatoms. The molecule has 3 nitrogen and oxygen atoms in total. The minimum Gasteiger partial charge on any atom is -0.369 e. The van der Waals surface area contributed by atoms with Gasteiger partial charge in [-0.15, -0.1) is 0 Å². The maximum Gasteiger partial charge on any atom is 0.0415 e. The molecule has 2 heterocycles. The van der Waals surface area contributed by atoms with Crippen molar-refractivity contribution in [1.82, 2.24) is 10.6 Å². The predicted octanol–water partition coefficient (Wildman–Crippen LogP) is 1.52. The van der Waals surface area contributed by atoms with E-state index in [4.69, 9.17) is 0 Å². The highest BCUT2D eigenvalue weighted by atomic mass is 15.2. The predicted molar refractivity (Wildman–Crippen MR) is 71.5 cm³/mol. The zero-order chi connectivity index (χ0) is 11.5. The van der Waals surface area contributed by atoms with Gasteiger partial charge in [0, 0.05) is 37.9 Å². The van der Waals surface area contributed by atoms with Gasteiger partial charge in [0.2, 0.25) is 0 Å². The highest BCUT2D eigenvalue weighted by Crippen LogP contribution is 2.31. The van der Waals surface area contributed by atoms with Crippen molar-refractivity contribution in [2.75, 3.05) is 37.6 Å². The van der Waals surface area contributed by atoms with Gasteiger partial charge in [-0.05, 0) is 31.0 Å². The van der Waals surface area contributed by atoms with Gasteiger partial charge in [0.05, 0.1) is 0 Å². The third-order valence-corrected chi connectivity index (χ3v) is 3.83. The average Bonchev–Trinajstić information content (AvgIpc) is 2.94. The number of hydrogen-bond donors (Lipinski definition) is 2. The number of nitrogens with one attached hydrogen (secondary N) is 2. The quantitative estimate of drug-likeness (QED) is 0.808. The summed E-state index contributed by atoms with van der Waals surface area (Å²) in [5.41, 5.74) is 2.93. The Morgan fingerprint density at radius 2 is 1.88 bits per heavy atom. The first-order valence-corrected chi connectivity index (χ1v) is 6.73. The maximum atomic E-state index is 3.61. The van der Waals surface area contributed by atoms with E-state index in [9.17, 15) is 0 Å². The molecule has 2 saturated heterocycles. The fourth-order valence-electron chi connectivity index (χ4n) is 2.93. The molecule has 2 aliphatic heterocycles. The van der Waals surface area contributed by atoms with Crippen molar-refractivity contribution in [3.63, 3.8) is 0 Å². The van der Waals surface area contributed by atoms with Crippen LogP contribution in [0.25, 0.3) is 0 Å². The molecule has 1 aromatic carbocycles. The Hall–Kier alpha value is -1.06. The van der Waals surface area contributed by atoms with Crippen LogP contribution in [-0.4, -0.2) is 32.7 Å². The zero-order valence-electron chi connectivity index (χ0n) is 10.3. The SMILES string of the molecule is c1ccc(N2CCNCC2)c([C@H]2CCCN2)c1. The Balaban J connectivity index is 1.86. The van der Waals surface area contributed by atoms with Crippen LogP contribution in [0.5, 0.6) is 0 Å². The van der Waals surface area contributed by atoms with E-state index >= 15 is 0 Å². The van der Waals surface area contributed by atoms with Crippen LogP contribution in [0.2, 0.25) is 0 Å². The lowest BCUT2D eigenvalue weighted by Gasteiger charge is -2.32. The van der Waals surface area contributed by atoms with Crippen molar-refractivity contribution in [1.29, 1.82) is 0 Å². The average molecular weight is 231 g/mol. The van der Waals surface area contributed by atoms with Gasteiger partial charge >= 0.3 is 0 Å². The number of benzene rings is 1. The molecule has 0 unspecified atom stereocenters. The molecule has 2 aliphatic rings. The summed E-state index contributed by atoms with van der Waals surface area (Å²) in [7, 11) is 0. The molecule has 0 radical (unpaired) electrons. The van der Waals surface area contributed by atoms with E-state index < -0.39 is 0 Å². The van der Waals surface area contributed by atoms with E-state index in [2.05, 4.69) is 39.8 Å². The summed E-state index contributed by atoms with van der Waals surface area (Å²) in [4.78, 5) is 2.52. The molecule has 1 atom stereocenters. The molecular weight excluding hydrogens is 210 g/mol. The number of rotatable bonds is 2. The number of piperazine rings is 1. The molecule has 0 aliphatic carbocycles. The number of para-hydroxylation sites is 1. The first-order chi connectivity index (χ1) is 8.45. The van der Waals surface area contributed by atoms with Crippen molar-refractivity contribution >= 4 is 5.69 Å². The maximum absolute atomic E-state index is 3.61. The Labute approximate surface area is 103 Å². The van der Waals surface area contributed by atoms with Crippen molar-refractivity contribution in [3.05, 3.63) is 29.8 Å². The summed E-state index contributed by atoms with van der Waals surface area (Å²) in [5, 5.41) is 7.03. The molecule has 0 amide bonds. The highest BCUT2D eigenvalue weighted by molar-refractivity contribution is 5.55. The Bertz CT molecular complexity index is 365. The van der Waals surface area contributed by atoms with Crippen LogP contribution < -0.4 is 15.5 Å². The van der Waals surface area contributed by atoms with Crippen LogP contribution in [0.15, 0.2) is 24.3 Å². The number of hydrogen-bond acceptors (Lipinski definition) is 3. The minimum atomic E-state index is 0.570. The van der Waals surface area contributed by atoms with Gasteiger partial charge in [-0.3, -0.25) is 0 Å². The molecule has 0 saturated carbocycles. The summed E-state index contributed by atoms with van der Waals surface area (Å²) in [6.45, 7) is 5.63. The van der Waals surface area contributed by atoms with E-state index in [-0.39, 0.29) is 0 Å². The van der Waals surface area contributed by atoms with E-state index in [1.54, 1.807) is 0 Å². The fourth-order valence-corrected chi connectivity index (χ4v) is 2.93. The van der Waals surface area contributed by atoms with Crippen LogP contribution >= 0.6 is 0 Å². The molecule has 2 fully saturated rings. The first-order valence-electron chi connectivity index (χ1n) is 6.73. The topological polar surface area (TPSA) is 27.3 Å². The van der Waals surface area contributed by atoms with Crippen molar-refractivity contribution < 1.29 is 0 Å². The molecule has 2 N–H and O–H groups in total. The largest absolute Gasteiger partial charge is 0.369 e. The third-order valence-electron chi connectivity index (χ3n) is 3.83. The lowest BCUT2D eigenvalue weighted by Crippen LogP contribution is -2.44. The number of nitrogens with zero attached hydrogens (tertiary/aromatic N) is 1. The van der Waals surface area contributed by atoms with Crippen molar-refractivity contribution in [2.45, 2.75) is 18.9 Å². The Morgan fingerprint density at radius 3 is 2.65 bits per heavy atom. The van der Waals surface area contributed by atoms with Crippen molar-refractivity contribution in [2.24, 2.45) is 0 Å². The van der Waals surface area contributed by atoms with E-state index in [1.807, 2.05) is 0 Å². The van der Waals surface area contributed by atoms with Gasteiger partial charge in [0.15, 0.2) is 0 Å². The fraction of sp³-hybridized carbons (Fsp3) is 0.571. The van der Waals surface area contributed by atoms with Gasteiger partial charge in [-0.2, -0.15) is 0 Å². The monoisotopic (exact) mass is 231 g/mol. The summed E-state index contributed by atoms with van der Waals surface area (Å²) < 4.78 is 0. The lowest BCUT2D eigenvalue weighted by molar-refractivity contribution is 0.580. The molecule has 0 aromatic heterocycles. The standard InChI is InChI=1S/C14H21N3/c1-2-6-14(17-10-8-15-9-11-17)12(4-1)13-5-3-7-16-13/h1-2,4,6,13,15-16H,3,5,7-11H2/t13-/m1/s1. The summed E-state index contributed by atoms with van der Waals surface area (Å²) in [5.74, 6) is 0. The van der Waals surface area contributed by atoms with Gasteiger partial charge in [-0.25, -0.2) is 0 Å². The first kappa shape index (κ1) is 11.1. The van der Waals surface area contributed by atoms with Gasteiger partial charge in [0.25, 0.3) is 0 Å². The Kier molecular flexibility index (Phi) is 3.29. The molecule has 17 heavy (non-hydrogen) atoms. The Morgan fingerprint density at radius 1 is 1.06 bits per heavy atom. The molecule has 1 aromatic rings. The van der Waals surface area contributed by atoms with Gasteiger partial charge in [0.1, 0.15) is 0 Å². The second-order valence-corrected chi connectivity index (χ2v) is 4.94. The second kappa shape index (κ2) is 5.07. The van der Waals surface area contributed by atoms with E-state index in [0.29, 0.717) is 6.04 Å². The summed E-state index contributed by atoms with van der Waals surface area (Å²) >= 11 is 0. The minimum absolute atomic E-state index is 0.570. The second-order valence-electron chi connectivity index (χ2n) is 4.94. The normalized spacial score (nSPS) is 25.2.